The average molecular weight is 410 g/mol. The summed E-state index contributed by atoms with van der Waals surface area (Å²) in [6, 6.07) is 15.8. The van der Waals surface area contributed by atoms with E-state index in [1.165, 1.54) is 0 Å². The third-order valence-corrected chi connectivity index (χ3v) is 6.45. The number of carbonyl (C=O) groups excluding carboxylic acids is 1. The van der Waals surface area contributed by atoms with Crippen LogP contribution >= 0.6 is 0 Å². The van der Waals surface area contributed by atoms with Crippen molar-refractivity contribution in [2.45, 2.75) is 30.8 Å². The quantitative estimate of drug-likeness (QED) is 0.522. The van der Waals surface area contributed by atoms with Crippen molar-refractivity contribution in [1.82, 2.24) is 15.0 Å². The molecule has 2 atom stereocenters. The molecule has 2 aliphatic heterocycles. The summed E-state index contributed by atoms with van der Waals surface area (Å²) in [4.78, 5) is 24.1. The Labute approximate surface area is 177 Å². The van der Waals surface area contributed by atoms with Crippen LogP contribution in [-0.2, 0) is 16.8 Å². The molecule has 2 unspecified atom stereocenters. The van der Waals surface area contributed by atoms with E-state index in [1.54, 1.807) is 6.20 Å². The summed E-state index contributed by atoms with van der Waals surface area (Å²) >= 11 is 0. The van der Waals surface area contributed by atoms with Crippen LogP contribution in [0.1, 0.15) is 35.7 Å². The van der Waals surface area contributed by atoms with Crippen molar-refractivity contribution in [2.24, 2.45) is 0 Å². The topological polar surface area (TPSA) is 89.1 Å². The zero-order valence-corrected chi connectivity index (χ0v) is 16.5. The minimum Gasteiger partial charge on any atom is -0.478 e. The number of hydrogen-bond donors (Lipinski definition) is 2. The largest absolute Gasteiger partial charge is 0.478 e. The molecule has 4 heterocycles. The number of hydrogen-bond acceptors (Lipinski definition) is 5. The lowest BCUT2D eigenvalue weighted by molar-refractivity contribution is -0.116. The van der Waals surface area contributed by atoms with Crippen LogP contribution in [-0.4, -0.2) is 20.9 Å². The van der Waals surface area contributed by atoms with Gasteiger partial charge in [0.2, 0.25) is 5.91 Å². The molecule has 31 heavy (non-hydrogen) atoms. The molecule has 4 aromatic rings. The number of H-pyrrole nitrogens is 1. The van der Waals surface area contributed by atoms with Crippen molar-refractivity contribution in [3.05, 3.63) is 71.7 Å². The molecule has 0 radical (unpaired) electrons. The van der Waals surface area contributed by atoms with E-state index in [0.29, 0.717) is 18.7 Å². The molecule has 1 saturated carbocycles. The Bertz CT molecular complexity index is 1360. The predicted molar refractivity (Wildman–Crippen MR) is 113 cm³/mol. The number of benzene rings is 2. The highest BCUT2D eigenvalue weighted by atomic mass is 16.5. The van der Waals surface area contributed by atoms with Gasteiger partial charge < -0.3 is 19.8 Å². The zero-order chi connectivity index (χ0) is 20.6. The van der Waals surface area contributed by atoms with Crippen LogP contribution in [0.4, 0.5) is 5.82 Å². The van der Waals surface area contributed by atoms with Crippen LogP contribution in [0.2, 0.25) is 0 Å². The third-order valence-electron chi connectivity index (χ3n) is 6.45. The van der Waals surface area contributed by atoms with E-state index < -0.39 is 5.60 Å². The van der Waals surface area contributed by atoms with E-state index in [1.807, 2.05) is 42.5 Å². The molecular formula is C24H18N4O3. The summed E-state index contributed by atoms with van der Waals surface area (Å²) in [5, 5.41) is 2.82. The molecule has 1 amide bonds. The van der Waals surface area contributed by atoms with Crippen molar-refractivity contribution in [3.8, 4) is 17.2 Å². The molecule has 7 heteroatoms. The standard InChI is InChI=1S/C24H18N4O3/c29-21-8-6-14-19(9-10-25-22(14)28-21)30-13-5-7-20-15(11-13)16-12-24(16,31-20)23-26-17-3-1-2-4-18(17)27-23/h1-5,7,9-11,16H,6,8,12H2,(H,26,27)(H,25,28,29). The van der Waals surface area contributed by atoms with Gasteiger partial charge >= 0.3 is 0 Å². The first-order valence-corrected chi connectivity index (χ1v) is 10.4. The van der Waals surface area contributed by atoms with Crippen LogP contribution in [0.5, 0.6) is 17.2 Å². The highest BCUT2D eigenvalue weighted by molar-refractivity contribution is 5.93. The number of aromatic nitrogens is 3. The maximum atomic E-state index is 11.7. The van der Waals surface area contributed by atoms with Gasteiger partial charge in [-0.3, -0.25) is 4.79 Å². The van der Waals surface area contributed by atoms with E-state index in [2.05, 4.69) is 21.4 Å². The normalized spacial score (nSPS) is 22.8. The number of rotatable bonds is 3. The Morgan fingerprint density at radius 2 is 2.06 bits per heavy atom. The highest BCUT2D eigenvalue weighted by Crippen LogP contribution is 2.67. The van der Waals surface area contributed by atoms with Gasteiger partial charge in [-0.15, -0.1) is 0 Å². The second-order valence-electron chi connectivity index (χ2n) is 8.34. The Hall–Kier alpha value is -3.87. The van der Waals surface area contributed by atoms with Gasteiger partial charge in [-0.05, 0) is 42.8 Å². The number of para-hydroxylation sites is 2. The number of anilines is 1. The molecule has 0 saturated heterocycles. The van der Waals surface area contributed by atoms with Gasteiger partial charge in [-0.2, -0.15) is 0 Å². The molecular weight excluding hydrogens is 392 g/mol. The van der Waals surface area contributed by atoms with Crippen LogP contribution in [0.3, 0.4) is 0 Å². The van der Waals surface area contributed by atoms with Crippen LogP contribution < -0.4 is 14.8 Å². The number of imidazole rings is 1. The molecule has 2 aromatic carbocycles. The van der Waals surface area contributed by atoms with Gasteiger partial charge in [-0.1, -0.05) is 12.1 Å². The smallest absolute Gasteiger partial charge is 0.225 e. The Balaban J connectivity index is 1.20. The van der Waals surface area contributed by atoms with E-state index in [9.17, 15) is 4.79 Å². The van der Waals surface area contributed by atoms with Crippen LogP contribution in [0.15, 0.2) is 54.7 Å². The lowest BCUT2D eigenvalue weighted by Crippen LogP contribution is -2.20. The predicted octanol–water partition coefficient (Wildman–Crippen LogP) is 4.41. The molecule has 1 fully saturated rings. The van der Waals surface area contributed by atoms with E-state index >= 15 is 0 Å². The second-order valence-corrected chi connectivity index (χ2v) is 8.34. The molecule has 152 valence electrons. The lowest BCUT2D eigenvalue weighted by Gasteiger charge is -2.19. The van der Waals surface area contributed by atoms with Crippen molar-refractivity contribution < 1.29 is 14.3 Å². The number of carbonyl (C=O) groups is 1. The summed E-state index contributed by atoms with van der Waals surface area (Å²) in [5.41, 5.74) is 3.66. The number of ether oxygens (including phenoxy) is 2. The Morgan fingerprint density at radius 1 is 1.13 bits per heavy atom. The summed E-state index contributed by atoms with van der Waals surface area (Å²) in [6.07, 6.45) is 3.62. The van der Waals surface area contributed by atoms with Gasteiger partial charge in [0.05, 0.1) is 11.0 Å². The van der Waals surface area contributed by atoms with Gasteiger partial charge in [0.1, 0.15) is 23.1 Å². The Kier molecular flexibility index (Phi) is 3.18. The fourth-order valence-electron chi connectivity index (χ4n) is 4.81. The number of nitrogens with one attached hydrogen (secondary N) is 2. The van der Waals surface area contributed by atoms with Crippen molar-refractivity contribution >= 4 is 22.8 Å². The van der Waals surface area contributed by atoms with Gasteiger partial charge in [0.25, 0.3) is 0 Å². The summed E-state index contributed by atoms with van der Waals surface area (Å²) < 4.78 is 12.6. The lowest BCUT2D eigenvalue weighted by atomic mass is 10.1. The molecule has 3 aliphatic rings. The molecule has 0 spiro atoms. The van der Waals surface area contributed by atoms with Crippen LogP contribution in [0.25, 0.3) is 11.0 Å². The highest BCUT2D eigenvalue weighted by Gasteiger charge is 2.66. The summed E-state index contributed by atoms with van der Waals surface area (Å²) in [5.74, 6) is 4.08. The minimum atomic E-state index is -0.403. The fourth-order valence-corrected chi connectivity index (χ4v) is 4.81. The number of pyridine rings is 1. The second kappa shape index (κ2) is 5.85. The van der Waals surface area contributed by atoms with E-state index in [0.717, 1.165) is 51.7 Å². The number of fused-ring (bicyclic) bond motifs is 5. The molecule has 2 N–H and O–H groups in total. The van der Waals surface area contributed by atoms with E-state index in [-0.39, 0.29) is 11.8 Å². The van der Waals surface area contributed by atoms with Crippen molar-refractivity contribution in [1.29, 1.82) is 0 Å². The van der Waals surface area contributed by atoms with Gasteiger partial charge in [-0.25, -0.2) is 9.97 Å². The summed E-state index contributed by atoms with van der Waals surface area (Å²) in [6.45, 7) is 0. The first-order chi connectivity index (χ1) is 15.2. The number of aromatic amines is 1. The molecule has 7 rings (SSSR count). The van der Waals surface area contributed by atoms with Crippen molar-refractivity contribution in [3.63, 3.8) is 0 Å². The number of nitrogens with zero attached hydrogens (tertiary/aromatic N) is 2. The average Bonchev–Trinajstić information content (AvgIpc) is 3.19. The molecule has 1 aliphatic carbocycles. The monoisotopic (exact) mass is 410 g/mol. The maximum Gasteiger partial charge on any atom is 0.225 e. The minimum absolute atomic E-state index is 0.0116. The SMILES string of the molecule is O=C1CCc2c(Oc3ccc4c(c3)C3CC3(c3nc5ccccc5[nH]3)O4)ccnc2N1. The third kappa shape index (κ3) is 2.43. The number of amides is 1. The zero-order valence-electron chi connectivity index (χ0n) is 16.5. The molecule has 7 nitrogen and oxygen atoms in total. The van der Waals surface area contributed by atoms with Crippen molar-refractivity contribution in [2.75, 3.05) is 5.32 Å². The first kappa shape index (κ1) is 16.9. The first-order valence-electron chi connectivity index (χ1n) is 10.4. The van der Waals surface area contributed by atoms with Gasteiger partial charge in [0, 0.05) is 36.1 Å². The van der Waals surface area contributed by atoms with E-state index in [4.69, 9.17) is 14.5 Å². The summed E-state index contributed by atoms with van der Waals surface area (Å²) in [7, 11) is 0. The molecule has 2 aromatic heterocycles. The van der Waals surface area contributed by atoms with Gasteiger partial charge in [0.15, 0.2) is 11.4 Å². The Morgan fingerprint density at radius 3 is 3.00 bits per heavy atom. The molecule has 0 bridgehead atoms. The van der Waals surface area contributed by atoms with Crippen LogP contribution in [0, 0.1) is 0 Å². The maximum absolute atomic E-state index is 11.7. The fraction of sp³-hybridized carbons (Fsp3) is 0.208.